The first-order valence-corrected chi connectivity index (χ1v) is 25.3. The molecule has 0 unspecified atom stereocenters. The highest BCUT2D eigenvalue weighted by molar-refractivity contribution is 5.68. The molecule has 0 fully saturated rings. The minimum absolute atomic E-state index is 0.980. The number of hydrogen-bond acceptors (Lipinski definition) is 11. The fourth-order valence-corrected chi connectivity index (χ4v) is 7.94. The lowest BCUT2D eigenvalue weighted by molar-refractivity contribution is 1.13. The zero-order valence-electron chi connectivity index (χ0n) is 44.7. The average Bonchev–Trinajstić information content (AvgIpc) is 3.50. The van der Waals surface area contributed by atoms with Crippen molar-refractivity contribution in [2.75, 3.05) is 0 Å². The van der Waals surface area contributed by atoms with Crippen LogP contribution < -0.4 is 0 Å². The summed E-state index contributed by atoms with van der Waals surface area (Å²) in [4.78, 5) is 45.5. The van der Waals surface area contributed by atoms with Crippen molar-refractivity contribution in [2.24, 2.45) is 0 Å². The second-order valence-corrected chi connectivity index (χ2v) is 17.5. The van der Waals surface area contributed by atoms with Crippen LogP contribution in [0, 0.1) is 41.5 Å². The van der Waals surface area contributed by atoms with E-state index in [9.17, 15) is 0 Å². The van der Waals surface area contributed by atoms with Gasteiger partial charge in [-0.1, -0.05) is 91.0 Å². The van der Waals surface area contributed by atoms with Crippen LogP contribution in [0.1, 0.15) is 33.9 Å². The molecule has 12 rings (SSSR count). The number of rotatable bonds is 6. The lowest BCUT2D eigenvalue weighted by atomic mass is 10.0. The van der Waals surface area contributed by atoms with E-state index >= 15 is 0 Å². The molecule has 10 heterocycles. The average molecular weight is 1020 g/mol. The molecule has 0 saturated heterocycles. The van der Waals surface area contributed by atoms with Gasteiger partial charge >= 0.3 is 0 Å². The molecule has 2 aromatic carbocycles. The van der Waals surface area contributed by atoms with Gasteiger partial charge in [0.05, 0.1) is 11.4 Å². The third-order valence-electron chi connectivity index (χ3n) is 12.0. The van der Waals surface area contributed by atoms with Gasteiger partial charge in [0, 0.05) is 143 Å². The smallest absolute Gasteiger partial charge is 0.116 e. The van der Waals surface area contributed by atoms with Gasteiger partial charge in [0.2, 0.25) is 0 Å². The number of benzene rings is 2. The summed E-state index contributed by atoms with van der Waals surface area (Å²) in [6.45, 7) is 12.1. The van der Waals surface area contributed by atoms with E-state index in [2.05, 4.69) is 104 Å². The Labute approximate surface area is 458 Å². The van der Waals surface area contributed by atoms with Gasteiger partial charge in [0.1, 0.15) is 6.33 Å². The van der Waals surface area contributed by atoms with Crippen molar-refractivity contribution in [3.05, 3.63) is 297 Å². The summed E-state index contributed by atoms with van der Waals surface area (Å²) < 4.78 is 0. The summed E-state index contributed by atoms with van der Waals surface area (Å²) in [6.07, 6.45) is 26.9. The summed E-state index contributed by atoms with van der Waals surface area (Å²) in [5.74, 6) is 0. The summed E-state index contributed by atoms with van der Waals surface area (Å²) in [7, 11) is 0. The van der Waals surface area contributed by atoms with Gasteiger partial charge in [0.25, 0.3) is 0 Å². The first-order valence-electron chi connectivity index (χ1n) is 25.3. The largest absolute Gasteiger partial charge is 0.265 e. The van der Waals surface area contributed by atoms with Gasteiger partial charge in [-0.25, -0.2) is 9.97 Å². The van der Waals surface area contributed by atoms with Gasteiger partial charge < -0.3 is 0 Å². The standard InChI is InChI=1S/C12H11N.5C11H10N2/c1-10-12(8-5-9-13-10)11-6-3-2-4-7-11;1-9-8-13-7-4-11(9)10-2-5-12-6-3-10;1-9-11(5-3-7-13-9)10-4-2-6-12-8-10;1-9-11(3-2-6-13-9)10-4-7-12-8-5-10;1-9-10(5-4-8-12-9)11-6-2-3-7-13-11;1-9-7-12-8-13-11(9)10-5-3-2-4-6-10/h2-9H,1H3;5*2-8H,1H3. The Kier molecular flexibility index (Phi) is 21.6. The number of aryl methyl sites for hydroxylation is 6. The van der Waals surface area contributed by atoms with E-state index < -0.39 is 0 Å². The number of pyridine rings is 9. The minimum Gasteiger partial charge on any atom is -0.265 e. The maximum absolute atomic E-state index is 4.27. The summed E-state index contributed by atoms with van der Waals surface area (Å²) in [5.41, 5.74) is 20.2. The lowest BCUT2D eigenvalue weighted by Gasteiger charge is -2.03. The Morgan fingerprint density at radius 3 is 1.12 bits per heavy atom. The third kappa shape index (κ3) is 17.0. The maximum Gasteiger partial charge on any atom is 0.116 e. The highest BCUT2D eigenvalue weighted by atomic mass is 14.8. The first-order chi connectivity index (χ1) is 38.3. The Balaban J connectivity index is 0.000000136. The van der Waals surface area contributed by atoms with Gasteiger partial charge in [-0.05, 0) is 154 Å². The van der Waals surface area contributed by atoms with Crippen LogP contribution in [-0.2, 0) is 0 Å². The highest BCUT2D eigenvalue weighted by Crippen LogP contribution is 2.24. The Morgan fingerprint density at radius 2 is 0.641 bits per heavy atom. The van der Waals surface area contributed by atoms with Gasteiger partial charge in [0.15, 0.2) is 0 Å². The molecule has 0 N–H and O–H groups in total. The van der Waals surface area contributed by atoms with E-state index in [0.717, 1.165) is 62.0 Å². The van der Waals surface area contributed by atoms with Crippen LogP contribution in [0.15, 0.2) is 263 Å². The molecule has 12 aromatic rings. The maximum atomic E-state index is 4.27. The van der Waals surface area contributed by atoms with Crippen LogP contribution in [0.5, 0.6) is 0 Å². The van der Waals surface area contributed by atoms with E-state index in [1.54, 1.807) is 62.1 Å². The predicted molar refractivity (Wildman–Crippen MR) is 315 cm³/mol. The Morgan fingerprint density at radius 1 is 0.231 bits per heavy atom. The van der Waals surface area contributed by atoms with Gasteiger partial charge in [-0.2, -0.15) is 0 Å². The predicted octanol–water partition coefficient (Wildman–Crippen LogP) is 15.3. The molecule has 78 heavy (non-hydrogen) atoms. The Hall–Kier alpha value is -10.1. The van der Waals surface area contributed by atoms with Gasteiger partial charge in [-0.15, -0.1) is 0 Å². The molecule has 0 bridgehead atoms. The van der Waals surface area contributed by atoms with Crippen molar-refractivity contribution < 1.29 is 0 Å². The van der Waals surface area contributed by atoms with E-state index in [1.807, 2.05) is 193 Å². The van der Waals surface area contributed by atoms with Crippen molar-refractivity contribution in [1.82, 2.24) is 54.8 Å². The van der Waals surface area contributed by atoms with Crippen LogP contribution in [-0.4, -0.2) is 54.8 Å². The number of hydrogen-bond donors (Lipinski definition) is 0. The second kappa shape index (κ2) is 30.3. The summed E-state index contributed by atoms with van der Waals surface area (Å²) >= 11 is 0. The monoisotopic (exact) mass is 1020 g/mol. The van der Waals surface area contributed by atoms with Crippen LogP contribution in [0.3, 0.4) is 0 Å². The highest BCUT2D eigenvalue weighted by Gasteiger charge is 2.05. The first kappa shape index (κ1) is 55.6. The van der Waals surface area contributed by atoms with Crippen molar-refractivity contribution in [3.8, 4) is 67.0 Å². The second-order valence-electron chi connectivity index (χ2n) is 17.5. The van der Waals surface area contributed by atoms with E-state index in [1.165, 1.54) is 38.9 Å². The zero-order valence-corrected chi connectivity index (χ0v) is 44.7. The zero-order chi connectivity index (χ0) is 54.6. The molecule has 0 aliphatic heterocycles. The molecule has 0 amide bonds. The summed E-state index contributed by atoms with van der Waals surface area (Å²) in [6, 6.07) is 56.3. The van der Waals surface area contributed by atoms with Crippen LogP contribution >= 0.6 is 0 Å². The molecular weight excluding hydrogens is 959 g/mol. The minimum atomic E-state index is 0.980. The molecule has 0 aliphatic carbocycles. The quantitative estimate of drug-likeness (QED) is 0.157. The van der Waals surface area contributed by atoms with Crippen molar-refractivity contribution >= 4 is 0 Å². The topological polar surface area (TPSA) is 142 Å². The molecular formula is C67H61N11. The molecule has 0 atom stereocenters. The van der Waals surface area contributed by atoms with E-state index in [-0.39, 0.29) is 0 Å². The molecule has 10 aromatic heterocycles. The fourth-order valence-electron chi connectivity index (χ4n) is 7.94. The number of aromatic nitrogens is 11. The van der Waals surface area contributed by atoms with Crippen LogP contribution in [0.2, 0.25) is 0 Å². The fraction of sp³-hybridized carbons (Fsp3) is 0.0896. The molecule has 11 nitrogen and oxygen atoms in total. The molecule has 11 heteroatoms. The van der Waals surface area contributed by atoms with E-state index in [4.69, 9.17) is 0 Å². The van der Waals surface area contributed by atoms with Crippen LogP contribution in [0.4, 0.5) is 0 Å². The van der Waals surface area contributed by atoms with Crippen molar-refractivity contribution in [3.63, 3.8) is 0 Å². The molecule has 0 radical (unpaired) electrons. The SMILES string of the molecule is Cc1cnccc1-c1ccncc1.Cc1cncnc1-c1ccccc1.Cc1ncccc1-c1ccccc1.Cc1ncccc1-c1ccccn1.Cc1ncccc1-c1cccnc1.Cc1ncccc1-c1ccncc1. The lowest BCUT2D eigenvalue weighted by Crippen LogP contribution is -1.88. The third-order valence-corrected chi connectivity index (χ3v) is 12.0. The van der Waals surface area contributed by atoms with Gasteiger partial charge in [-0.3, -0.25) is 44.9 Å². The van der Waals surface area contributed by atoms with Crippen molar-refractivity contribution in [2.45, 2.75) is 41.5 Å². The van der Waals surface area contributed by atoms with Crippen LogP contribution in [0.25, 0.3) is 67.0 Å². The molecule has 384 valence electrons. The van der Waals surface area contributed by atoms with E-state index in [0.29, 0.717) is 0 Å². The normalized spacial score (nSPS) is 9.92. The Bertz CT molecular complexity index is 3000. The summed E-state index contributed by atoms with van der Waals surface area (Å²) in [5, 5.41) is 0. The van der Waals surface area contributed by atoms with Crippen molar-refractivity contribution in [1.29, 1.82) is 0 Å². The molecule has 0 saturated carbocycles. The number of nitrogens with zero attached hydrogens (tertiary/aromatic N) is 11. The molecule has 0 spiro atoms. The molecule has 0 aliphatic rings.